The molecule has 7 nitrogen and oxygen atoms in total. The Kier molecular flexibility index (Phi) is 7.46. The van der Waals surface area contributed by atoms with Crippen molar-refractivity contribution in [3.8, 4) is 0 Å². The first kappa shape index (κ1) is 19.9. The third kappa shape index (κ3) is 6.11. The van der Waals surface area contributed by atoms with Crippen LogP contribution >= 0.6 is 0 Å². The van der Waals surface area contributed by atoms with E-state index in [9.17, 15) is 9.59 Å². The van der Waals surface area contributed by atoms with Crippen molar-refractivity contribution in [2.45, 2.75) is 38.6 Å². The van der Waals surface area contributed by atoms with Crippen molar-refractivity contribution in [2.75, 3.05) is 19.6 Å². The number of carbonyl (C=O) groups excluding carboxylic acids is 2. The van der Waals surface area contributed by atoms with Gasteiger partial charge in [-0.05, 0) is 30.7 Å². The van der Waals surface area contributed by atoms with Crippen LogP contribution in [0.5, 0.6) is 0 Å². The highest BCUT2D eigenvalue weighted by atomic mass is 16.4. The fraction of sp³-hybridized carbons (Fsp3) is 0.476. The van der Waals surface area contributed by atoms with Crippen LogP contribution in [0.3, 0.4) is 0 Å². The molecular weight excluding hydrogens is 356 g/mol. The number of nitrogens with zero attached hydrogens (tertiary/aromatic N) is 2. The molecule has 2 N–H and O–H groups in total. The molecule has 150 valence electrons. The lowest BCUT2D eigenvalue weighted by Crippen LogP contribution is -2.38. The molecule has 28 heavy (non-hydrogen) atoms. The molecule has 0 unspecified atom stereocenters. The summed E-state index contributed by atoms with van der Waals surface area (Å²) < 4.78 is 5.09. The molecule has 1 saturated heterocycles. The number of urea groups is 1. The molecule has 7 heteroatoms. The Balaban J connectivity index is 1.22. The number of hydrogen-bond donors (Lipinski definition) is 2. The van der Waals surface area contributed by atoms with E-state index in [2.05, 4.69) is 15.6 Å². The minimum atomic E-state index is -0.123. The SMILES string of the molecule is O=C(NCCCCC1CCN(C(=O)c2ncco2)CC1)NCc1ccccc1. The van der Waals surface area contributed by atoms with Gasteiger partial charge >= 0.3 is 11.9 Å². The van der Waals surface area contributed by atoms with E-state index in [0.29, 0.717) is 19.0 Å². The highest BCUT2D eigenvalue weighted by Gasteiger charge is 2.25. The summed E-state index contributed by atoms with van der Waals surface area (Å²) in [4.78, 5) is 29.8. The van der Waals surface area contributed by atoms with E-state index >= 15 is 0 Å². The largest absolute Gasteiger partial charge is 0.441 e. The topological polar surface area (TPSA) is 87.5 Å². The van der Waals surface area contributed by atoms with E-state index < -0.39 is 0 Å². The van der Waals surface area contributed by atoms with E-state index in [1.54, 1.807) is 0 Å². The predicted molar refractivity (Wildman–Crippen MR) is 106 cm³/mol. The van der Waals surface area contributed by atoms with Gasteiger partial charge in [0.25, 0.3) is 5.89 Å². The molecule has 3 rings (SSSR count). The average molecular weight is 384 g/mol. The fourth-order valence-corrected chi connectivity index (χ4v) is 3.49. The zero-order chi connectivity index (χ0) is 19.6. The second-order valence-electron chi connectivity index (χ2n) is 7.16. The van der Waals surface area contributed by atoms with Gasteiger partial charge in [0, 0.05) is 26.2 Å². The smallest absolute Gasteiger partial charge is 0.315 e. The van der Waals surface area contributed by atoms with Crippen LogP contribution in [0.1, 0.15) is 48.4 Å². The highest BCUT2D eigenvalue weighted by Crippen LogP contribution is 2.23. The number of unbranched alkanes of at least 4 members (excludes halogenated alkanes) is 1. The van der Waals surface area contributed by atoms with Crippen LogP contribution in [-0.4, -0.2) is 41.5 Å². The van der Waals surface area contributed by atoms with Crippen molar-refractivity contribution in [3.63, 3.8) is 0 Å². The van der Waals surface area contributed by atoms with E-state index in [0.717, 1.165) is 50.8 Å². The van der Waals surface area contributed by atoms with Crippen molar-refractivity contribution in [3.05, 3.63) is 54.2 Å². The van der Waals surface area contributed by atoms with Crippen molar-refractivity contribution >= 4 is 11.9 Å². The third-order valence-corrected chi connectivity index (χ3v) is 5.14. The maximum atomic E-state index is 12.2. The van der Waals surface area contributed by atoms with Gasteiger partial charge in [0.15, 0.2) is 0 Å². The number of piperidine rings is 1. The van der Waals surface area contributed by atoms with Crippen LogP contribution in [0.25, 0.3) is 0 Å². The summed E-state index contributed by atoms with van der Waals surface area (Å²) in [5.41, 5.74) is 1.09. The minimum Gasteiger partial charge on any atom is -0.441 e. The van der Waals surface area contributed by atoms with Gasteiger partial charge in [-0.1, -0.05) is 43.2 Å². The summed E-state index contributed by atoms with van der Waals surface area (Å²) in [5, 5.41) is 5.77. The molecule has 1 fully saturated rings. The van der Waals surface area contributed by atoms with Crippen molar-refractivity contribution in [1.29, 1.82) is 0 Å². The summed E-state index contributed by atoms with van der Waals surface area (Å²) in [5.74, 6) is 0.699. The second kappa shape index (κ2) is 10.5. The number of likely N-dealkylation sites (tertiary alicyclic amines) is 1. The van der Waals surface area contributed by atoms with Crippen LogP contribution in [0.2, 0.25) is 0 Å². The first-order valence-corrected chi connectivity index (χ1v) is 9.97. The maximum Gasteiger partial charge on any atom is 0.315 e. The molecule has 1 aliphatic heterocycles. The van der Waals surface area contributed by atoms with E-state index in [-0.39, 0.29) is 17.8 Å². The Hall–Kier alpha value is -2.83. The normalized spacial score (nSPS) is 14.6. The number of hydrogen-bond acceptors (Lipinski definition) is 4. The predicted octanol–water partition coefficient (Wildman–Crippen LogP) is 3.20. The molecule has 0 aliphatic carbocycles. The van der Waals surface area contributed by atoms with Crippen LogP contribution in [0.15, 0.2) is 47.2 Å². The number of aromatic nitrogens is 1. The first-order chi connectivity index (χ1) is 13.7. The molecule has 0 atom stereocenters. The van der Waals surface area contributed by atoms with Gasteiger partial charge < -0.3 is 20.0 Å². The van der Waals surface area contributed by atoms with Gasteiger partial charge in [-0.25, -0.2) is 9.78 Å². The maximum absolute atomic E-state index is 12.2. The summed E-state index contributed by atoms with van der Waals surface area (Å²) >= 11 is 0. The minimum absolute atomic E-state index is 0.117. The van der Waals surface area contributed by atoms with Crippen molar-refractivity contribution in [2.24, 2.45) is 5.92 Å². The Morgan fingerprint density at radius 3 is 2.61 bits per heavy atom. The van der Waals surface area contributed by atoms with Crippen LogP contribution < -0.4 is 10.6 Å². The zero-order valence-electron chi connectivity index (χ0n) is 16.1. The monoisotopic (exact) mass is 384 g/mol. The van der Waals surface area contributed by atoms with Crippen LogP contribution in [0.4, 0.5) is 4.79 Å². The molecule has 1 aromatic heterocycles. The van der Waals surface area contributed by atoms with Gasteiger partial charge in [-0.15, -0.1) is 0 Å². The molecule has 0 radical (unpaired) electrons. The van der Waals surface area contributed by atoms with Crippen molar-refractivity contribution < 1.29 is 14.0 Å². The molecule has 3 amide bonds. The Morgan fingerprint density at radius 2 is 1.89 bits per heavy atom. The molecule has 1 aromatic carbocycles. The van der Waals surface area contributed by atoms with E-state index in [4.69, 9.17) is 4.42 Å². The molecule has 0 spiro atoms. The number of amides is 3. The van der Waals surface area contributed by atoms with Crippen molar-refractivity contribution in [1.82, 2.24) is 20.5 Å². The van der Waals surface area contributed by atoms with Gasteiger partial charge in [0.05, 0.1) is 6.20 Å². The molecule has 2 aromatic rings. The summed E-state index contributed by atoms with van der Waals surface area (Å²) in [6.07, 6.45) is 8.13. The lowest BCUT2D eigenvalue weighted by molar-refractivity contribution is 0.0645. The Morgan fingerprint density at radius 1 is 1.11 bits per heavy atom. The van der Waals surface area contributed by atoms with Gasteiger partial charge in [0.2, 0.25) is 0 Å². The lowest BCUT2D eigenvalue weighted by atomic mass is 9.91. The number of nitrogens with one attached hydrogen (secondary N) is 2. The lowest BCUT2D eigenvalue weighted by Gasteiger charge is -2.31. The van der Waals surface area contributed by atoms with E-state index in [1.807, 2.05) is 35.2 Å². The third-order valence-electron chi connectivity index (χ3n) is 5.14. The highest BCUT2D eigenvalue weighted by molar-refractivity contribution is 5.89. The van der Waals surface area contributed by atoms with Crippen LogP contribution in [0, 0.1) is 5.92 Å². The summed E-state index contributed by atoms with van der Waals surface area (Å²) in [6.45, 7) is 2.73. The fourth-order valence-electron chi connectivity index (χ4n) is 3.49. The molecular formula is C21H28N4O3. The van der Waals surface area contributed by atoms with E-state index in [1.165, 1.54) is 12.5 Å². The number of carbonyl (C=O) groups is 2. The van der Waals surface area contributed by atoms with Gasteiger partial charge in [0.1, 0.15) is 6.26 Å². The van der Waals surface area contributed by atoms with Gasteiger partial charge in [-0.2, -0.15) is 0 Å². The summed E-state index contributed by atoms with van der Waals surface area (Å²) in [6, 6.07) is 9.74. The van der Waals surface area contributed by atoms with Crippen LogP contribution in [-0.2, 0) is 6.54 Å². The first-order valence-electron chi connectivity index (χ1n) is 9.97. The molecule has 1 aliphatic rings. The summed E-state index contributed by atoms with van der Waals surface area (Å²) in [7, 11) is 0. The standard InChI is InChI=1S/C21H28N4O3/c26-20(19-22-12-15-28-19)25-13-9-17(10-14-25)6-4-5-11-23-21(27)24-16-18-7-2-1-3-8-18/h1-3,7-8,12,15,17H,4-6,9-11,13-14,16H2,(H2,23,24,27). The molecule has 0 bridgehead atoms. The number of rotatable bonds is 8. The average Bonchev–Trinajstić information content (AvgIpc) is 3.28. The Bertz CT molecular complexity index is 725. The number of benzene rings is 1. The molecule has 2 heterocycles. The quantitative estimate of drug-likeness (QED) is 0.684. The van der Waals surface area contributed by atoms with Gasteiger partial charge in [-0.3, -0.25) is 4.79 Å². The number of oxazole rings is 1. The molecule has 0 saturated carbocycles. The Labute approximate surface area is 165 Å². The second-order valence-corrected chi connectivity index (χ2v) is 7.16. The zero-order valence-corrected chi connectivity index (χ0v) is 16.1.